The first kappa shape index (κ1) is 18.8. The van der Waals surface area contributed by atoms with Gasteiger partial charge in [0.05, 0.1) is 24.0 Å². The summed E-state index contributed by atoms with van der Waals surface area (Å²) >= 11 is 0. The van der Waals surface area contributed by atoms with Crippen LogP contribution in [-0.4, -0.2) is 44.4 Å². The molecule has 5 heterocycles. The molecule has 0 amide bonds. The molecular formula is C20H18F3N5O2. The molecule has 3 aromatic heterocycles. The van der Waals surface area contributed by atoms with Crippen LogP contribution in [0.5, 0.6) is 5.88 Å². The van der Waals surface area contributed by atoms with E-state index in [1.165, 1.54) is 16.8 Å². The van der Waals surface area contributed by atoms with Gasteiger partial charge in [-0.15, -0.1) is 0 Å². The topological polar surface area (TPSA) is 72.6 Å². The molecule has 2 aliphatic heterocycles. The molecular weight excluding hydrogens is 399 g/mol. The second kappa shape index (κ2) is 6.96. The van der Waals surface area contributed by atoms with Crippen LogP contribution < -0.4 is 9.64 Å². The Morgan fingerprint density at radius 1 is 1.27 bits per heavy atom. The summed E-state index contributed by atoms with van der Waals surface area (Å²) in [6.45, 7) is -0.303. The summed E-state index contributed by atoms with van der Waals surface area (Å²) < 4.78 is 49.6. The first-order valence-corrected chi connectivity index (χ1v) is 9.72. The lowest BCUT2D eigenvalue weighted by Gasteiger charge is -2.28. The Morgan fingerprint density at radius 2 is 2.13 bits per heavy atom. The number of aromatic nitrogens is 4. The van der Waals surface area contributed by atoms with Crippen molar-refractivity contribution >= 4 is 17.2 Å². The number of anilines is 1. The molecule has 0 aromatic carbocycles. The number of Topliss-reactive ketones (excluding diaryl/α,β-unsaturated/α-hetero) is 1. The number of hydrogen-bond acceptors (Lipinski definition) is 6. The Morgan fingerprint density at radius 3 is 3.00 bits per heavy atom. The normalized spacial score (nSPS) is 21.2. The summed E-state index contributed by atoms with van der Waals surface area (Å²) in [6, 6.07) is 2.71. The van der Waals surface area contributed by atoms with Crippen LogP contribution in [0.25, 0.3) is 5.65 Å². The van der Waals surface area contributed by atoms with Gasteiger partial charge in [-0.05, 0) is 25.0 Å². The van der Waals surface area contributed by atoms with Crippen LogP contribution in [0.4, 0.5) is 19.0 Å². The lowest BCUT2D eigenvalue weighted by Crippen LogP contribution is -2.29. The minimum atomic E-state index is -3.25. The summed E-state index contributed by atoms with van der Waals surface area (Å²) in [5, 5.41) is 4.11. The Bertz CT molecular complexity index is 1130. The number of carbonyl (C=O) groups excluding carboxylic acids is 1. The number of hydrogen-bond donors (Lipinski definition) is 0. The number of carbonyl (C=O) groups is 1. The third-order valence-electron chi connectivity index (χ3n) is 5.54. The van der Waals surface area contributed by atoms with Crippen molar-refractivity contribution in [3.05, 3.63) is 47.7 Å². The summed E-state index contributed by atoms with van der Waals surface area (Å²) in [5.74, 6) is -3.70. The fraction of sp³-hybridized carbons (Fsp3) is 0.400. The van der Waals surface area contributed by atoms with E-state index < -0.39 is 30.6 Å². The van der Waals surface area contributed by atoms with Crippen molar-refractivity contribution in [2.75, 3.05) is 18.1 Å². The summed E-state index contributed by atoms with van der Waals surface area (Å²) in [4.78, 5) is 23.1. The molecule has 2 aliphatic rings. The van der Waals surface area contributed by atoms with Gasteiger partial charge in [-0.1, -0.05) is 0 Å². The van der Waals surface area contributed by atoms with E-state index in [-0.39, 0.29) is 23.9 Å². The zero-order valence-corrected chi connectivity index (χ0v) is 15.9. The van der Waals surface area contributed by atoms with Gasteiger partial charge in [0.15, 0.2) is 18.0 Å². The molecule has 7 nitrogen and oxygen atoms in total. The van der Waals surface area contributed by atoms with Gasteiger partial charge in [0.2, 0.25) is 5.88 Å². The van der Waals surface area contributed by atoms with Crippen molar-refractivity contribution in [2.45, 2.75) is 37.6 Å². The molecule has 0 spiro atoms. The van der Waals surface area contributed by atoms with E-state index in [9.17, 15) is 18.0 Å². The molecule has 0 radical (unpaired) electrons. The first-order chi connectivity index (χ1) is 14.4. The lowest BCUT2D eigenvalue weighted by molar-refractivity contribution is -0.0490. The van der Waals surface area contributed by atoms with E-state index in [1.807, 2.05) is 4.90 Å². The maximum Gasteiger partial charge on any atom is 0.281 e. The van der Waals surface area contributed by atoms with Crippen molar-refractivity contribution < 1.29 is 22.7 Å². The molecule has 1 fully saturated rings. The van der Waals surface area contributed by atoms with Crippen molar-refractivity contribution in [3.63, 3.8) is 0 Å². The lowest BCUT2D eigenvalue weighted by atomic mass is 10.0. The second-order valence-corrected chi connectivity index (χ2v) is 7.58. The molecule has 10 heteroatoms. The minimum absolute atomic E-state index is 0.0255. The van der Waals surface area contributed by atoms with E-state index in [0.717, 1.165) is 12.6 Å². The molecule has 0 saturated carbocycles. The van der Waals surface area contributed by atoms with Crippen LogP contribution in [0.2, 0.25) is 0 Å². The Balaban J connectivity index is 1.67. The molecule has 5 rings (SSSR count). The van der Waals surface area contributed by atoms with Gasteiger partial charge < -0.3 is 9.64 Å². The van der Waals surface area contributed by atoms with Gasteiger partial charge in [0.25, 0.3) is 5.92 Å². The highest BCUT2D eigenvalue weighted by Gasteiger charge is 2.35. The molecule has 0 unspecified atom stereocenters. The van der Waals surface area contributed by atoms with Gasteiger partial charge in [0, 0.05) is 31.1 Å². The predicted molar refractivity (Wildman–Crippen MR) is 101 cm³/mol. The largest absolute Gasteiger partial charge is 0.471 e. The SMILES string of the molecule is O=C1CCC(F)(F)COc2ncc(F)cc2[C@H]2CCCN2c2ccn3ncc1c3n2. The highest BCUT2D eigenvalue weighted by molar-refractivity contribution is 6.01. The molecule has 156 valence electrons. The third kappa shape index (κ3) is 3.25. The number of fused-ring (bicyclic) bond motifs is 5. The summed E-state index contributed by atoms with van der Waals surface area (Å²) in [7, 11) is 0. The smallest absolute Gasteiger partial charge is 0.281 e. The van der Waals surface area contributed by atoms with Crippen molar-refractivity contribution in [2.24, 2.45) is 0 Å². The molecule has 1 saturated heterocycles. The zero-order chi connectivity index (χ0) is 20.9. The second-order valence-electron chi connectivity index (χ2n) is 7.58. The number of alkyl halides is 2. The van der Waals surface area contributed by atoms with Crippen LogP contribution in [0.3, 0.4) is 0 Å². The average molecular weight is 417 g/mol. The molecule has 1 atom stereocenters. The van der Waals surface area contributed by atoms with Gasteiger partial charge in [-0.25, -0.2) is 27.7 Å². The van der Waals surface area contributed by atoms with Crippen LogP contribution in [0, 0.1) is 5.82 Å². The van der Waals surface area contributed by atoms with Crippen LogP contribution in [0.1, 0.15) is 47.6 Å². The number of ketones is 1. The number of pyridine rings is 1. The standard InChI is InChI=1S/C20H18F3N5O2/c21-12-8-13-15-2-1-6-27(15)17-4-7-28-18(26-17)14(10-25-28)16(29)3-5-20(22,23)11-30-19(13)24-9-12/h4,7-10,15H,1-3,5-6,11H2/t15-/m1/s1. The van der Waals surface area contributed by atoms with Crippen molar-refractivity contribution in [1.29, 1.82) is 0 Å². The molecule has 30 heavy (non-hydrogen) atoms. The summed E-state index contributed by atoms with van der Waals surface area (Å²) in [6.07, 6.45) is 4.38. The monoisotopic (exact) mass is 417 g/mol. The van der Waals surface area contributed by atoms with E-state index in [4.69, 9.17) is 4.74 Å². The number of nitrogens with zero attached hydrogens (tertiary/aromatic N) is 5. The number of ether oxygens (including phenoxy) is 1. The van der Waals surface area contributed by atoms with E-state index >= 15 is 0 Å². The molecule has 0 N–H and O–H groups in total. The third-order valence-corrected chi connectivity index (χ3v) is 5.54. The highest BCUT2D eigenvalue weighted by atomic mass is 19.3. The number of halogens is 3. The average Bonchev–Trinajstić information content (AvgIpc) is 3.37. The Labute approximate surface area is 169 Å². The van der Waals surface area contributed by atoms with Crippen LogP contribution in [-0.2, 0) is 0 Å². The van der Waals surface area contributed by atoms with Gasteiger partial charge in [-0.2, -0.15) is 5.10 Å². The quantitative estimate of drug-likeness (QED) is 0.557. The zero-order valence-electron chi connectivity index (χ0n) is 15.9. The molecule has 0 aliphatic carbocycles. The van der Waals surface area contributed by atoms with Gasteiger partial charge in [0.1, 0.15) is 11.6 Å². The van der Waals surface area contributed by atoms with Crippen molar-refractivity contribution in [3.8, 4) is 5.88 Å². The highest BCUT2D eigenvalue weighted by Crippen LogP contribution is 2.39. The van der Waals surface area contributed by atoms with Crippen LogP contribution >= 0.6 is 0 Å². The predicted octanol–water partition coefficient (Wildman–Crippen LogP) is 3.60. The minimum Gasteiger partial charge on any atom is -0.471 e. The maximum atomic E-state index is 14.4. The fourth-order valence-corrected chi connectivity index (χ4v) is 4.06. The van der Waals surface area contributed by atoms with E-state index in [2.05, 4.69) is 15.1 Å². The Kier molecular flexibility index (Phi) is 4.37. The van der Waals surface area contributed by atoms with Gasteiger partial charge >= 0.3 is 0 Å². The van der Waals surface area contributed by atoms with Gasteiger partial charge in [-0.3, -0.25) is 4.79 Å². The Hall–Kier alpha value is -3.17. The first-order valence-electron chi connectivity index (χ1n) is 9.72. The van der Waals surface area contributed by atoms with Crippen LogP contribution in [0.15, 0.2) is 30.7 Å². The fourth-order valence-electron chi connectivity index (χ4n) is 4.06. The van der Waals surface area contributed by atoms with E-state index in [0.29, 0.717) is 30.0 Å². The summed E-state index contributed by atoms with van der Waals surface area (Å²) in [5.41, 5.74) is 0.929. The molecule has 3 aromatic rings. The van der Waals surface area contributed by atoms with E-state index in [1.54, 1.807) is 12.3 Å². The van der Waals surface area contributed by atoms with Crippen molar-refractivity contribution in [1.82, 2.24) is 19.6 Å². The number of rotatable bonds is 0. The maximum absolute atomic E-state index is 14.4. The molecule has 2 bridgehead atoms.